The van der Waals surface area contributed by atoms with Crippen molar-refractivity contribution in [1.29, 1.82) is 0 Å². The molecule has 0 spiro atoms. The summed E-state index contributed by atoms with van der Waals surface area (Å²) in [6.45, 7) is 6.92. The second kappa shape index (κ2) is 11.7. The highest BCUT2D eigenvalue weighted by Crippen LogP contribution is 2.17. The fourth-order valence-corrected chi connectivity index (χ4v) is 2.38. The number of aryl methyl sites for hydroxylation is 1. The monoisotopic (exact) mass is 458 g/mol. The quantitative estimate of drug-likeness (QED) is 0.361. The van der Waals surface area contributed by atoms with Crippen LogP contribution in [0.4, 0.5) is 0 Å². The summed E-state index contributed by atoms with van der Waals surface area (Å²) in [6, 6.07) is 8.02. The first-order chi connectivity index (χ1) is 11.8. The molecule has 7 nitrogen and oxygen atoms in total. The molecule has 8 heteroatoms. The highest BCUT2D eigenvalue weighted by Gasteiger charge is 2.05. The van der Waals surface area contributed by atoms with Gasteiger partial charge in [-0.25, -0.2) is 0 Å². The minimum Gasteiger partial charge on any atom is -0.494 e. The lowest BCUT2D eigenvalue weighted by Crippen LogP contribution is -2.38. The molecule has 0 fully saturated rings. The van der Waals surface area contributed by atoms with Crippen molar-refractivity contribution in [3.8, 4) is 5.75 Å². The minimum absolute atomic E-state index is 0. The predicted molar refractivity (Wildman–Crippen MR) is 111 cm³/mol. The zero-order chi connectivity index (χ0) is 17.2. The van der Waals surface area contributed by atoms with Crippen molar-refractivity contribution in [2.24, 2.45) is 4.99 Å². The maximum absolute atomic E-state index is 5.64. The average molecular weight is 458 g/mol. The first-order valence-corrected chi connectivity index (χ1v) is 8.30. The van der Waals surface area contributed by atoms with Gasteiger partial charge < -0.3 is 19.9 Å². The Labute approximate surface area is 166 Å². The van der Waals surface area contributed by atoms with Gasteiger partial charge in [0.05, 0.1) is 6.61 Å². The zero-order valence-corrected chi connectivity index (χ0v) is 17.4. The standard InChI is InChI=1S/C17H26N6O.HI/c1-4-16-22-21-13-23(16)11-10-19-17(18-3)20-12-14-8-6-7-9-15(14)24-5-2;/h6-9,13H,4-5,10-12H2,1-3H3,(H2,18,19,20);1H. The van der Waals surface area contributed by atoms with Gasteiger partial charge in [0.1, 0.15) is 17.9 Å². The minimum atomic E-state index is 0. The van der Waals surface area contributed by atoms with Gasteiger partial charge in [0, 0.05) is 38.7 Å². The van der Waals surface area contributed by atoms with Gasteiger partial charge in [-0.05, 0) is 13.0 Å². The van der Waals surface area contributed by atoms with Gasteiger partial charge in [0.25, 0.3) is 0 Å². The number of ether oxygens (including phenoxy) is 1. The number of nitrogens with zero attached hydrogens (tertiary/aromatic N) is 4. The molecule has 1 heterocycles. The Kier molecular flexibility index (Phi) is 9.90. The average Bonchev–Trinajstić information content (AvgIpc) is 3.07. The van der Waals surface area contributed by atoms with Crippen LogP contribution in [0.2, 0.25) is 0 Å². The van der Waals surface area contributed by atoms with Crippen LogP contribution in [-0.4, -0.2) is 40.9 Å². The van der Waals surface area contributed by atoms with Crippen LogP contribution in [-0.2, 0) is 19.5 Å². The number of hydrogen-bond donors (Lipinski definition) is 2. The molecule has 0 amide bonds. The largest absolute Gasteiger partial charge is 0.494 e. The van der Waals surface area contributed by atoms with Crippen LogP contribution < -0.4 is 15.4 Å². The molecule has 0 radical (unpaired) electrons. The zero-order valence-electron chi connectivity index (χ0n) is 15.0. The van der Waals surface area contributed by atoms with Gasteiger partial charge in [-0.1, -0.05) is 25.1 Å². The van der Waals surface area contributed by atoms with E-state index in [-0.39, 0.29) is 24.0 Å². The number of nitrogens with one attached hydrogen (secondary N) is 2. The maximum Gasteiger partial charge on any atom is 0.191 e. The molecular weight excluding hydrogens is 431 g/mol. The van der Waals surface area contributed by atoms with Gasteiger partial charge >= 0.3 is 0 Å². The van der Waals surface area contributed by atoms with E-state index in [9.17, 15) is 0 Å². The lowest BCUT2D eigenvalue weighted by atomic mass is 10.2. The first-order valence-electron chi connectivity index (χ1n) is 8.30. The van der Waals surface area contributed by atoms with E-state index < -0.39 is 0 Å². The number of aliphatic imine (C=N–C) groups is 1. The fraction of sp³-hybridized carbons (Fsp3) is 0.471. The van der Waals surface area contributed by atoms with E-state index in [0.29, 0.717) is 13.2 Å². The Hall–Kier alpha value is -1.84. The molecule has 0 bridgehead atoms. The summed E-state index contributed by atoms with van der Waals surface area (Å²) < 4.78 is 7.69. The Morgan fingerprint density at radius 1 is 1.24 bits per heavy atom. The molecule has 2 N–H and O–H groups in total. The van der Waals surface area contributed by atoms with Crippen LogP contribution in [0.3, 0.4) is 0 Å². The molecule has 1 aromatic heterocycles. The van der Waals surface area contributed by atoms with Gasteiger partial charge in [0.2, 0.25) is 0 Å². The summed E-state index contributed by atoms with van der Waals surface area (Å²) >= 11 is 0. The summed E-state index contributed by atoms with van der Waals surface area (Å²) in [5.74, 6) is 2.65. The second-order valence-electron chi connectivity index (χ2n) is 5.19. The van der Waals surface area contributed by atoms with E-state index >= 15 is 0 Å². The summed E-state index contributed by atoms with van der Waals surface area (Å²) in [5, 5.41) is 14.6. The van der Waals surface area contributed by atoms with Gasteiger partial charge in [-0.2, -0.15) is 0 Å². The number of aromatic nitrogens is 3. The van der Waals surface area contributed by atoms with E-state index in [1.54, 1.807) is 13.4 Å². The molecule has 138 valence electrons. The van der Waals surface area contributed by atoms with Crippen molar-refractivity contribution >= 4 is 29.9 Å². The molecule has 0 saturated heterocycles. The van der Waals surface area contributed by atoms with Crippen molar-refractivity contribution in [3.63, 3.8) is 0 Å². The van der Waals surface area contributed by atoms with E-state index in [1.807, 2.05) is 29.7 Å². The Balaban J connectivity index is 0.00000312. The Morgan fingerprint density at radius 3 is 2.76 bits per heavy atom. The third-order valence-electron chi connectivity index (χ3n) is 3.60. The number of halogens is 1. The Bertz CT molecular complexity index is 658. The van der Waals surface area contributed by atoms with Gasteiger partial charge in [-0.15, -0.1) is 34.2 Å². The van der Waals surface area contributed by atoms with Crippen molar-refractivity contribution in [1.82, 2.24) is 25.4 Å². The predicted octanol–water partition coefficient (Wildman–Crippen LogP) is 2.22. The number of para-hydroxylation sites is 1. The van der Waals surface area contributed by atoms with Gasteiger partial charge in [-0.3, -0.25) is 4.99 Å². The summed E-state index contributed by atoms with van der Waals surface area (Å²) in [4.78, 5) is 4.25. The lowest BCUT2D eigenvalue weighted by Gasteiger charge is -2.14. The van der Waals surface area contributed by atoms with Crippen molar-refractivity contribution in [2.45, 2.75) is 33.4 Å². The molecule has 1 aromatic carbocycles. The molecule has 0 aliphatic rings. The third kappa shape index (κ3) is 6.52. The van der Waals surface area contributed by atoms with Crippen LogP contribution in [0.1, 0.15) is 25.2 Å². The maximum atomic E-state index is 5.64. The molecular formula is C17H27IN6O. The Morgan fingerprint density at radius 2 is 2.04 bits per heavy atom. The molecule has 25 heavy (non-hydrogen) atoms. The third-order valence-corrected chi connectivity index (χ3v) is 3.60. The number of rotatable bonds is 8. The van der Waals surface area contributed by atoms with Crippen LogP contribution in [0.25, 0.3) is 0 Å². The van der Waals surface area contributed by atoms with E-state index in [1.165, 1.54) is 0 Å². The molecule has 0 aliphatic heterocycles. The topological polar surface area (TPSA) is 76.4 Å². The molecule has 2 rings (SSSR count). The fourth-order valence-electron chi connectivity index (χ4n) is 2.38. The molecule has 0 atom stereocenters. The summed E-state index contributed by atoms with van der Waals surface area (Å²) in [5.41, 5.74) is 1.11. The summed E-state index contributed by atoms with van der Waals surface area (Å²) in [7, 11) is 1.76. The highest BCUT2D eigenvalue weighted by molar-refractivity contribution is 14.0. The van der Waals surface area contributed by atoms with E-state index in [2.05, 4.69) is 38.8 Å². The van der Waals surface area contributed by atoms with Crippen molar-refractivity contribution in [2.75, 3.05) is 20.2 Å². The normalized spacial score (nSPS) is 10.9. The van der Waals surface area contributed by atoms with E-state index in [0.717, 1.165) is 42.6 Å². The SMILES string of the molecule is CCOc1ccccc1CNC(=NC)NCCn1cnnc1CC.I. The smallest absolute Gasteiger partial charge is 0.191 e. The lowest BCUT2D eigenvalue weighted by molar-refractivity contribution is 0.336. The number of hydrogen-bond acceptors (Lipinski definition) is 4. The molecule has 2 aromatic rings. The van der Waals surface area contributed by atoms with Crippen LogP contribution in [0.15, 0.2) is 35.6 Å². The van der Waals surface area contributed by atoms with Gasteiger partial charge in [0.15, 0.2) is 5.96 Å². The van der Waals surface area contributed by atoms with Crippen LogP contribution in [0, 0.1) is 0 Å². The molecule has 0 unspecified atom stereocenters. The van der Waals surface area contributed by atoms with Crippen LogP contribution >= 0.6 is 24.0 Å². The summed E-state index contributed by atoms with van der Waals surface area (Å²) in [6.07, 6.45) is 2.64. The highest BCUT2D eigenvalue weighted by atomic mass is 127. The second-order valence-corrected chi connectivity index (χ2v) is 5.19. The van der Waals surface area contributed by atoms with Crippen LogP contribution in [0.5, 0.6) is 5.75 Å². The number of guanidine groups is 1. The van der Waals surface area contributed by atoms with Crippen molar-refractivity contribution in [3.05, 3.63) is 42.0 Å². The molecule has 0 saturated carbocycles. The van der Waals surface area contributed by atoms with Crippen molar-refractivity contribution < 1.29 is 4.74 Å². The number of benzene rings is 1. The first kappa shape index (κ1) is 21.2. The molecule has 0 aliphatic carbocycles. The van der Waals surface area contributed by atoms with E-state index in [4.69, 9.17) is 4.74 Å².